The molecule has 3 aromatic rings. The summed E-state index contributed by atoms with van der Waals surface area (Å²) in [7, 11) is 2.16. The number of fused-ring (bicyclic) bond motifs is 3. The molecule has 0 radical (unpaired) electrons. The number of hydrogen-bond acceptors (Lipinski definition) is 1. The molecule has 4 rings (SSSR count). The Morgan fingerprint density at radius 3 is 2.48 bits per heavy atom. The summed E-state index contributed by atoms with van der Waals surface area (Å²) < 4.78 is 2.32. The zero-order valence-corrected chi connectivity index (χ0v) is 14.1. The summed E-state index contributed by atoms with van der Waals surface area (Å²) >= 11 is 0. The molecule has 114 valence electrons. The molecule has 2 aromatic carbocycles. The lowest BCUT2D eigenvalue weighted by molar-refractivity contribution is -0.667. The number of aryl methyl sites for hydroxylation is 3. The van der Waals surface area contributed by atoms with Crippen molar-refractivity contribution in [3.8, 4) is 22.5 Å². The van der Waals surface area contributed by atoms with Crippen LogP contribution in [-0.2, 0) is 13.5 Å². The normalized spacial score (nSPS) is 12.2. The van der Waals surface area contributed by atoms with Crippen molar-refractivity contribution in [3.05, 3.63) is 70.5 Å². The minimum absolute atomic E-state index is 0.967. The first-order chi connectivity index (χ1) is 11.0. The second-order valence-corrected chi connectivity index (χ2v) is 6.65. The number of aromatic nitrogens is 2. The van der Waals surface area contributed by atoms with Crippen LogP contribution in [0.5, 0.6) is 0 Å². The Morgan fingerprint density at radius 2 is 1.65 bits per heavy atom. The summed E-state index contributed by atoms with van der Waals surface area (Å²) in [4.78, 5) is 4.82. The predicted octanol–water partition coefficient (Wildman–Crippen LogP) is 4.07. The first kappa shape index (κ1) is 14.1. The van der Waals surface area contributed by atoms with Crippen molar-refractivity contribution in [2.45, 2.75) is 27.2 Å². The standard InChI is InChI=1S/C21H21N2/c1-13-6-8-17-16(9-13)11-19-21(17)22-12-20(23(19)4)18-10-14(2)5-7-15(18)3/h5-10,12H,11H2,1-4H3/q+1. The van der Waals surface area contributed by atoms with Crippen molar-refractivity contribution in [3.63, 3.8) is 0 Å². The van der Waals surface area contributed by atoms with Gasteiger partial charge in [-0.3, -0.25) is 0 Å². The lowest BCUT2D eigenvalue weighted by Crippen LogP contribution is -2.36. The molecule has 0 fully saturated rings. The third-order valence-corrected chi connectivity index (χ3v) is 4.90. The smallest absolute Gasteiger partial charge is 0.231 e. The molecule has 0 saturated carbocycles. The van der Waals surface area contributed by atoms with Crippen LogP contribution >= 0.6 is 0 Å². The highest BCUT2D eigenvalue weighted by molar-refractivity contribution is 5.72. The summed E-state index contributed by atoms with van der Waals surface area (Å²) in [6.07, 6.45) is 2.99. The maximum Gasteiger partial charge on any atom is 0.231 e. The molecule has 1 aliphatic carbocycles. The van der Waals surface area contributed by atoms with E-state index in [0.29, 0.717) is 0 Å². The largest absolute Gasteiger partial charge is 0.243 e. The number of hydrogen-bond donors (Lipinski definition) is 0. The lowest BCUT2D eigenvalue weighted by atomic mass is 10.0. The van der Waals surface area contributed by atoms with Crippen molar-refractivity contribution in [2.24, 2.45) is 7.05 Å². The molecule has 23 heavy (non-hydrogen) atoms. The summed E-state index contributed by atoms with van der Waals surface area (Å²) in [5, 5.41) is 0. The average Bonchev–Trinajstić information content (AvgIpc) is 2.89. The van der Waals surface area contributed by atoms with E-state index in [4.69, 9.17) is 4.98 Å². The van der Waals surface area contributed by atoms with Crippen molar-refractivity contribution in [2.75, 3.05) is 0 Å². The van der Waals surface area contributed by atoms with Gasteiger partial charge in [-0.15, -0.1) is 0 Å². The summed E-state index contributed by atoms with van der Waals surface area (Å²) in [6, 6.07) is 13.3. The highest BCUT2D eigenvalue weighted by Crippen LogP contribution is 2.34. The molecule has 1 aromatic heterocycles. The van der Waals surface area contributed by atoms with Crippen molar-refractivity contribution < 1.29 is 4.57 Å². The van der Waals surface area contributed by atoms with Gasteiger partial charge in [-0.25, -0.2) is 4.98 Å². The zero-order chi connectivity index (χ0) is 16.1. The van der Waals surface area contributed by atoms with Gasteiger partial charge in [0, 0.05) is 5.56 Å². The van der Waals surface area contributed by atoms with Gasteiger partial charge in [-0.2, -0.15) is 4.57 Å². The third-order valence-electron chi connectivity index (χ3n) is 4.90. The molecule has 1 aliphatic rings. The molecule has 0 atom stereocenters. The van der Waals surface area contributed by atoms with Crippen LogP contribution in [0, 0.1) is 20.8 Å². The Morgan fingerprint density at radius 1 is 0.913 bits per heavy atom. The van der Waals surface area contributed by atoms with Crippen LogP contribution in [0.25, 0.3) is 22.5 Å². The highest BCUT2D eigenvalue weighted by atomic mass is 15.0. The van der Waals surface area contributed by atoms with Gasteiger partial charge in [0.2, 0.25) is 11.4 Å². The van der Waals surface area contributed by atoms with Crippen LogP contribution in [0.3, 0.4) is 0 Å². The van der Waals surface area contributed by atoms with Crippen LogP contribution in [0.15, 0.2) is 42.6 Å². The highest BCUT2D eigenvalue weighted by Gasteiger charge is 2.29. The fraction of sp³-hybridized carbons (Fsp3) is 0.238. The first-order valence-electron chi connectivity index (χ1n) is 8.10. The van der Waals surface area contributed by atoms with E-state index in [1.165, 1.54) is 44.8 Å². The molecule has 0 spiro atoms. The molecule has 0 amide bonds. The van der Waals surface area contributed by atoms with E-state index >= 15 is 0 Å². The van der Waals surface area contributed by atoms with E-state index < -0.39 is 0 Å². The number of rotatable bonds is 1. The second-order valence-electron chi connectivity index (χ2n) is 6.65. The fourth-order valence-corrected chi connectivity index (χ4v) is 3.56. The molecule has 0 aliphatic heterocycles. The van der Waals surface area contributed by atoms with Gasteiger partial charge in [0.15, 0.2) is 0 Å². The molecular formula is C21H21N2+. The van der Waals surface area contributed by atoms with Gasteiger partial charge in [-0.1, -0.05) is 41.5 Å². The van der Waals surface area contributed by atoms with Gasteiger partial charge >= 0.3 is 0 Å². The van der Waals surface area contributed by atoms with Crippen LogP contribution in [-0.4, -0.2) is 4.98 Å². The maximum atomic E-state index is 4.82. The van der Waals surface area contributed by atoms with Gasteiger partial charge in [0.1, 0.15) is 18.9 Å². The van der Waals surface area contributed by atoms with Crippen LogP contribution in [0.2, 0.25) is 0 Å². The van der Waals surface area contributed by atoms with E-state index in [1.807, 2.05) is 6.20 Å². The van der Waals surface area contributed by atoms with Crippen molar-refractivity contribution in [1.82, 2.24) is 4.98 Å². The number of nitrogens with zero attached hydrogens (tertiary/aromatic N) is 2. The van der Waals surface area contributed by atoms with Crippen LogP contribution in [0.4, 0.5) is 0 Å². The van der Waals surface area contributed by atoms with Crippen LogP contribution < -0.4 is 4.57 Å². The zero-order valence-electron chi connectivity index (χ0n) is 14.1. The van der Waals surface area contributed by atoms with E-state index in [2.05, 4.69) is 68.8 Å². The van der Waals surface area contributed by atoms with Crippen molar-refractivity contribution in [1.29, 1.82) is 0 Å². The van der Waals surface area contributed by atoms with Gasteiger partial charge in [-0.05, 0) is 38.0 Å². The van der Waals surface area contributed by atoms with Crippen molar-refractivity contribution >= 4 is 0 Å². The molecule has 0 saturated heterocycles. The SMILES string of the molecule is Cc1ccc2c(c1)Cc1c-2ncc(-c2cc(C)ccc2C)[n+]1C. The Kier molecular flexibility index (Phi) is 3.08. The van der Waals surface area contributed by atoms with Crippen LogP contribution in [0.1, 0.15) is 27.9 Å². The molecule has 0 N–H and O–H groups in total. The molecule has 2 nitrogen and oxygen atoms in total. The summed E-state index contributed by atoms with van der Waals surface area (Å²) in [5.41, 5.74) is 11.5. The fourth-order valence-electron chi connectivity index (χ4n) is 3.56. The Bertz CT molecular complexity index is 939. The predicted molar refractivity (Wildman–Crippen MR) is 93.3 cm³/mol. The Labute approximate surface area is 137 Å². The Hall–Kier alpha value is -2.48. The topological polar surface area (TPSA) is 16.8 Å². The molecule has 0 unspecified atom stereocenters. The minimum atomic E-state index is 0.967. The third kappa shape index (κ3) is 2.17. The monoisotopic (exact) mass is 301 g/mol. The van der Waals surface area contributed by atoms with E-state index in [-0.39, 0.29) is 0 Å². The van der Waals surface area contributed by atoms with Gasteiger partial charge in [0.25, 0.3) is 0 Å². The number of benzene rings is 2. The average molecular weight is 301 g/mol. The second kappa shape index (κ2) is 5.02. The quantitative estimate of drug-likeness (QED) is 0.484. The van der Waals surface area contributed by atoms with E-state index in [0.717, 1.165) is 12.1 Å². The van der Waals surface area contributed by atoms with E-state index in [9.17, 15) is 0 Å². The summed E-state index contributed by atoms with van der Waals surface area (Å²) in [6.45, 7) is 6.46. The molecule has 0 bridgehead atoms. The Balaban J connectivity index is 1.90. The summed E-state index contributed by atoms with van der Waals surface area (Å²) in [5.74, 6) is 0. The minimum Gasteiger partial charge on any atom is -0.243 e. The first-order valence-corrected chi connectivity index (χ1v) is 8.10. The molecule has 1 heterocycles. The van der Waals surface area contributed by atoms with Gasteiger partial charge in [0.05, 0.1) is 12.0 Å². The molecular weight excluding hydrogens is 280 g/mol. The maximum absolute atomic E-state index is 4.82. The lowest BCUT2D eigenvalue weighted by Gasteiger charge is -2.08. The molecule has 2 heteroatoms. The van der Waals surface area contributed by atoms with E-state index in [1.54, 1.807) is 0 Å². The van der Waals surface area contributed by atoms with Gasteiger partial charge < -0.3 is 0 Å².